The number of ether oxygens (including phenoxy) is 1. The topological polar surface area (TPSA) is 133 Å². The van der Waals surface area contributed by atoms with E-state index in [1.54, 1.807) is 0 Å². The number of carboxylic acid groups (broad SMARTS) is 1. The molecular formula is C15H14N2O7. The quantitative estimate of drug-likeness (QED) is 0.366. The van der Waals surface area contributed by atoms with Gasteiger partial charge in [0, 0.05) is 0 Å². The molecule has 2 rings (SSSR count). The van der Waals surface area contributed by atoms with E-state index >= 15 is 0 Å². The van der Waals surface area contributed by atoms with Gasteiger partial charge >= 0.3 is 11.8 Å². The van der Waals surface area contributed by atoms with Gasteiger partial charge in [0.25, 0.3) is 0 Å². The molecule has 1 aromatic rings. The van der Waals surface area contributed by atoms with Crippen molar-refractivity contribution in [1.29, 1.82) is 0 Å². The monoisotopic (exact) mass is 334 g/mol. The summed E-state index contributed by atoms with van der Waals surface area (Å²) in [6.07, 6.45) is 0.281. The predicted octanol–water partition coefficient (Wildman–Crippen LogP) is 2.78. The first-order chi connectivity index (χ1) is 11.3. The van der Waals surface area contributed by atoms with Gasteiger partial charge in [0.05, 0.1) is 6.08 Å². The average Bonchev–Trinajstić information content (AvgIpc) is 2.54. The molecule has 0 spiro atoms. The van der Waals surface area contributed by atoms with E-state index in [-0.39, 0.29) is 17.8 Å². The van der Waals surface area contributed by atoms with Gasteiger partial charge in [0.1, 0.15) is 22.0 Å². The Bertz CT molecular complexity index is 711. The minimum atomic E-state index is -2.50. The van der Waals surface area contributed by atoms with Crippen LogP contribution >= 0.6 is 0 Å². The molecule has 0 radical (unpaired) electrons. The third-order valence-corrected chi connectivity index (χ3v) is 3.71. The maximum Gasteiger partial charge on any atom is 0.511 e. The van der Waals surface area contributed by atoms with E-state index < -0.39 is 28.1 Å². The number of hydrogen-bond donors (Lipinski definition) is 1. The van der Waals surface area contributed by atoms with Gasteiger partial charge in [0.2, 0.25) is 0 Å². The summed E-state index contributed by atoms with van der Waals surface area (Å²) < 4.78 is 4.61. The Labute approximate surface area is 136 Å². The first-order valence-electron chi connectivity index (χ1n) is 7.00. The molecule has 0 unspecified atom stereocenters. The van der Waals surface area contributed by atoms with Crippen LogP contribution in [0.5, 0.6) is 0 Å². The lowest BCUT2D eigenvalue weighted by Gasteiger charge is -2.21. The van der Waals surface area contributed by atoms with Crippen LogP contribution in [-0.4, -0.2) is 26.8 Å². The fourth-order valence-electron chi connectivity index (χ4n) is 2.46. The summed E-state index contributed by atoms with van der Waals surface area (Å²) in [6.45, 7) is 0. The van der Waals surface area contributed by atoms with Crippen LogP contribution in [0.3, 0.4) is 0 Å². The van der Waals surface area contributed by atoms with E-state index in [1.165, 1.54) is 0 Å². The van der Waals surface area contributed by atoms with Crippen molar-refractivity contribution in [2.45, 2.75) is 24.9 Å². The summed E-state index contributed by atoms with van der Waals surface area (Å²) in [5, 5.41) is 31.2. The van der Waals surface area contributed by atoms with E-state index in [0.717, 1.165) is 17.7 Å². The Balaban J connectivity index is 2.30. The van der Waals surface area contributed by atoms with Gasteiger partial charge in [-0.2, -0.15) is 0 Å². The van der Waals surface area contributed by atoms with Gasteiger partial charge in [-0.3, -0.25) is 20.2 Å². The molecule has 1 N–H and O–H groups in total. The molecule has 1 aromatic carbocycles. The highest BCUT2D eigenvalue weighted by Gasteiger charge is 2.56. The Hall–Kier alpha value is -3.23. The van der Waals surface area contributed by atoms with Crippen molar-refractivity contribution in [3.8, 4) is 0 Å². The minimum absolute atomic E-state index is 0.0993. The van der Waals surface area contributed by atoms with Crippen molar-refractivity contribution in [1.82, 2.24) is 0 Å². The normalized spacial score (nSPS) is 15.8. The second-order valence-corrected chi connectivity index (χ2v) is 5.22. The molecule has 9 nitrogen and oxygen atoms in total. The summed E-state index contributed by atoms with van der Waals surface area (Å²) in [7, 11) is 0. The molecule has 1 aliphatic rings. The number of carbonyl (C=O) groups is 1. The summed E-state index contributed by atoms with van der Waals surface area (Å²) >= 11 is 0. The van der Waals surface area contributed by atoms with Crippen LogP contribution in [0.2, 0.25) is 0 Å². The molecule has 1 aliphatic carbocycles. The van der Waals surface area contributed by atoms with Crippen LogP contribution in [0.15, 0.2) is 53.8 Å². The lowest BCUT2D eigenvalue weighted by molar-refractivity contribution is -0.780. The molecule has 24 heavy (non-hydrogen) atoms. The first-order valence-corrected chi connectivity index (χ1v) is 7.00. The number of aryl methyl sites for hydroxylation is 1. The third kappa shape index (κ3) is 3.57. The number of nitrogens with zero attached hydrogens (tertiary/aromatic N) is 2. The summed E-state index contributed by atoms with van der Waals surface area (Å²) in [4.78, 5) is 31.2. The smallest absolute Gasteiger partial charge is 0.449 e. The highest BCUT2D eigenvalue weighted by atomic mass is 16.7. The number of allylic oxidation sites excluding steroid dienone is 1. The summed E-state index contributed by atoms with van der Waals surface area (Å²) in [6, 6.07) is 9.14. The van der Waals surface area contributed by atoms with Crippen molar-refractivity contribution in [3.05, 3.63) is 79.6 Å². The molecule has 0 saturated heterocycles. The predicted molar refractivity (Wildman–Crippen MR) is 81.4 cm³/mol. The van der Waals surface area contributed by atoms with Crippen molar-refractivity contribution < 1.29 is 24.5 Å². The molecule has 0 bridgehead atoms. The molecule has 9 heteroatoms. The van der Waals surface area contributed by atoms with Crippen molar-refractivity contribution in [3.63, 3.8) is 0 Å². The third-order valence-electron chi connectivity index (χ3n) is 3.71. The molecule has 0 aromatic heterocycles. The van der Waals surface area contributed by atoms with E-state index in [4.69, 9.17) is 5.11 Å². The van der Waals surface area contributed by atoms with Crippen molar-refractivity contribution in [2.75, 3.05) is 0 Å². The minimum Gasteiger partial charge on any atom is -0.449 e. The van der Waals surface area contributed by atoms with Gasteiger partial charge in [-0.05, 0) is 30.1 Å². The Morgan fingerprint density at radius 3 is 2.33 bits per heavy atom. The Kier molecular flexibility index (Phi) is 4.93. The SMILES string of the molecule is O=C(O)OC1=C(CCc2ccccc2)CC([N+](=O)[O-])([N+](=O)[O-])C=C1. The van der Waals surface area contributed by atoms with Crippen molar-refractivity contribution in [2.24, 2.45) is 0 Å². The van der Waals surface area contributed by atoms with E-state index in [1.807, 2.05) is 30.3 Å². The molecule has 0 atom stereocenters. The fourth-order valence-corrected chi connectivity index (χ4v) is 2.46. The van der Waals surface area contributed by atoms with E-state index in [2.05, 4.69) is 4.74 Å². The fraction of sp³-hybridized carbons (Fsp3) is 0.267. The van der Waals surface area contributed by atoms with Crippen LogP contribution in [0.4, 0.5) is 4.79 Å². The highest BCUT2D eigenvalue weighted by molar-refractivity contribution is 5.59. The molecule has 126 valence electrons. The largest absolute Gasteiger partial charge is 0.511 e. The molecular weight excluding hydrogens is 320 g/mol. The standard InChI is InChI=1S/C15H14N2O7/c18-14(19)24-13-8-9-15(16(20)21,17(22)23)10-12(13)7-6-11-4-2-1-3-5-11/h1-5,8-9H,6-7,10H2,(H,18,19). The Morgan fingerprint density at radius 2 is 1.79 bits per heavy atom. The van der Waals surface area contributed by atoms with E-state index in [0.29, 0.717) is 6.42 Å². The zero-order valence-corrected chi connectivity index (χ0v) is 12.5. The van der Waals surface area contributed by atoms with Crippen LogP contribution in [0.25, 0.3) is 0 Å². The van der Waals surface area contributed by atoms with Gasteiger partial charge < -0.3 is 9.84 Å². The molecule has 0 aliphatic heterocycles. The molecule has 0 saturated carbocycles. The number of nitro groups is 2. The van der Waals surface area contributed by atoms with Crippen molar-refractivity contribution >= 4 is 6.16 Å². The maximum absolute atomic E-state index is 11.2. The maximum atomic E-state index is 11.2. The van der Waals surface area contributed by atoms with Gasteiger partial charge in [-0.25, -0.2) is 4.79 Å². The number of benzene rings is 1. The second kappa shape index (κ2) is 6.90. The zero-order chi connectivity index (χ0) is 17.7. The summed E-state index contributed by atoms with van der Waals surface area (Å²) in [5.41, 5.74) is -1.36. The number of rotatable bonds is 6. The van der Waals surface area contributed by atoms with Crippen LogP contribution in [-0.2, 0) is 11.2 Å². The molecule has 0 fully saturated rings. The van der Waals surface area contributed by atoms with Crippen LogP contribution in [0, 0.1) is 20.2 Å². The average molecular weight is 334 g/mol. The van der Waals surface area contributed by atoms with E-state index in [9.17, 15) is 25.0 Å². The van der Waals surface area contributed by atoms with Gasteiger partial charge in [-0.15, -0.1) is 0 Å². The van der Waals surface area contributed by atoms with Crippen LogP contribution < -0.4 is 0 Å². The second-order valence-electron chi connectivity index (χ2n) is 5.22. The van der Waals surface area contributed by atoms with Crippen LogP contribution in [0.1, 0.15) is 18.4 Å². The number of hydrogen-bond acceptors (Lipinski definition) is 6. The Morgan fingerprint density at radius 1 is 1.17 bits per heavy atom. The molecule has 0 amide bonds. The summed E-state index contributed by atoms with van der Waals surface area (Å²) in [5.74, 6) is -0.0993. The first kappa shape index (κ1) is 17.1. The van der Waals surface area contributed by atoms with Gasteiger partial charge in [0.15, 0.2) is 0 Å². The zero-order valence-electron chi connectivity index (χ0n) is 12.5. The highest BCUT2D eigenvalue weighted by Crippen LogP contribution is 2.33. The lowest BCUT2D eigenvalue weighted by atomic mass is 9.90. The molecule has 0 heterocycles. The van der Waals surface area contributed by atoms with Gasteiger partial charge in [-0.1, -0.05) is 30.3 Å². The lowest BCUT2D eigenvalue weighted by Crippen LogP contribution is -2.46.